The topological polar surface area (TPSA) is 92.8 Å². The third-order valence-electron chi connectivity index (χ3n) is 3.28. The van der Waals surface area contributed by atoms with Gasteiger partial charge in [0.1, 0.15) is 11.6 Å². The van der Waals surface area contributed by atoms with Gasteiger partial charge in [0.05, 0.1) is 0 Å². The maximum absolute atomic E-state index is 11.8. The van der Waals surface area contributed by atoms with Crippen LogP contribution in [0.3, 0.4) is 0 Å². The molecule has 0 aliphatic carbocycles. The number of rotatable bonds is 6. The monoisotopic (exact) mass is 323 g/mol. The van der Waals surface area contributed by atoms with E-state index in [1.807, 2.05) is 19.9 Å². The third kappa shape index (κ3) is 3.75. The molecular weight excluding hydrogens is 306 g/mol. The van der Waals surface area contributed by atoms with Crippen molar-refractivity contribution in [1.82, 2.24) is 20.2 Å². The number of carbonyl (C=O) groups excluding carboxylic acids is 1. The van der Waals surface area contributed by atoms with Crippen LogP contribution in [0.1, 0.15) is 29.4 Å². The number of aryl methyl sites for hydroxylation is 1. The molecule has 0 radical (unpaired) electrons. The van der Waals surface area contributed by atoms with E-state index < -0.39 is 0 Å². The van der Waals surface area contributed by atoms with E-state index in [0.717, 1.165) is 5.69 Å². The summed E-state index contributed by atoms with van der Waals surface area (Å²) in [5.74, 6) is 1.80. The normalized spacial score (nSPS) is 10.4. The predicted molar refractivity (Wildman–Crippen MR) is 89.8 cm³/mol. The van der Waals surface area contributed by atoms with Crippen LogP contribution in [0.5, 0.6) is 11.8 Å². The van der Waals surface area contributed by atoms with Gasteiger partial charge in [-0.2, -0.15) is 10.1 Å². The van der Waals surface area contributed by atoms with E-state index in [1.54, 1.807) is 36.5 Å². The van der Waals surface area contributed by atoms with Crippen LogP contribution >= 0.6 is 0 Å². The van der Waals surface area contributed by atoms with Gasteiger partial charge in [-0.15, -0.1) is 0 Å². The number of Topliss-reactive ketones (excluding diaryl/α,β-unsaturated/α-hetero) is 1. The molecule has 122 valence electrons. The zero-order valence-electron chi connectivity index (χ0n) is 13.4. The van der Waals surface area contributed by atoms with Gasteiger partial charge in [0.15, 0.2) is 11.6 Å². The Labute approximate surface area is 139 Å². The number of carbonyl (C=O) groups is 1. The van der Waals surface area contributed by atoms with Gasteiger partial charge in [0.25, 0.3) is 0 Å². The van der Waals surface area contributed by atoms with Crippen molar-refractivity contribution in [3.63, 3.8) is 0 Å². The summed E-state index contributed by atoms with van der Waals surface area (Å²) in [5.41, 5.74) is 1.55. The fourth-order valence-corrected chi connectivity index (χ4v) is 2.12. The van der Waals surface area contributed by atoms with Crippen LogP contribution < -0.4 is 10.1 Å². The minimum atomic E-state index is 0.0608. The zero-order valence-corrected chi connectivity index (χ0v) is 13.4. The van der Waals surface area contributed by atoms with Gasteiger partial charge in [0, 0.05) is 29.9 Å². The lowest BCUT2D eigenvalue weighted by atomic mass is 10.1. The standard InChI is InChI=1S/C17H17N5O2/c1-3-14(23)12-5-4-6-13(10-12)24-17-18-8-7-15(20-17)19-16-9-11(2)21-22-16/h4-10H,3H2,1-2H3,(H2,18,19,20,21,22). The Hall–Kier alpha value is -3.22. The molecule has 0 saturated heterocycles. The first-order valence-electron chi connectivity index (χ1n) is 7.57. The molecule has 0 atom stereocenters. The number of ketones is 1. The number of aromatic amines is 1. The van der Waals surface area contributed by atoms with Crippen LogP contribution in [0.2, 0.25) is 0 Å². The molecule has 1 aromatic carbocycles. The van der Waals surface area contributed by atoms with Gasteiger partial charge in [-0.3, -0.25) is 9.89 Å². The molecule has 3 aromatic rings. The molecule has 2 N–H and O–H groups in total. The molecule has 0 bridgehead atoms. The van der Waals surface area contributed by atoms with Gasteiger partial charge in [0.2, 0.25) is 0 Å². The summed E-state index contributed by atoms with van der Waals surface area (Å²) in [6.45, 7) is 3.74. The number of nitrogens with zero attached hydrogens (tertiary/aromatic N) is 3. The lowest BCUT2D eigenvalue weighted by Crippen LogP contribution is -1.99. The Morgan fingerprint density at radius 3 is 2.88 bits per heavy atom. The Bertz CT molecular complexity index is 859. The molecule has 0 unspecified atom stereocenters. The van der Waals surface area contributed by atoms with Crippen LogP contribution in [0.15, 0.2) is 42.6 Å². The maximum atomic E-state index is 11.8. The Kier molecular flexibility index (Phi) is 4.51. The van der Waals surface area contributed by atoms with E-state index in [1.165, 1.54) is 0 Å². The van der Waals surface area contributed by atoms with Gasteiger partial charge < -0.3 is 10.1 Å². The number of benzene rings is 1. The summed E-state index contributed by atoms with van der Waals surface area (Å²) < 4.78 is 5.65. The van der Waals surface area contributed by atoms with Crippen molar-refractivity contribution in [3.05, 3.63) is 53.9 Å². The number of hydrogen-bond acceptors (Lipinski definition) is 6. The van der Waals surface area contributed by atoms with Crippen LogP contribution in [-0.4, -0.2) is 25.9 Å². The van der Waals surface area contributed by atoms with E-state index in [-0.39, 0.29) is 11.8 Å². The average Bonchev–Trinajstić information content (AvgIpc) is 2.99. The molecule has 3 rings (SSSR count). The Morgan fingerprint density at radius 1 is 1.25 bits per heavy atom. The SMILES string of the molecule is CCC(=O)c1cccc(Oc2nccc(Nc3cc(C)[nH]n3)n2)c1. The van der Waals surface area contributed by atoms with Gasteiger partial charge in [-0.1, -0.05) is 19.1 Å². The summed E-state index contributed by atoms with van der Waals surface area (Å²) in [6.07, 6.45) is 2.04. The molecule has 7 heteroatoms. The fourth-order valence-electron chi connectivity index (χ4n) is 2.12. The largest absolute Gasteiger partial charge is 0.424 e. The second-order valence-electron chi connectivity index (χ2n) is 5.19. The van der Waals surface area contributed by atoms with Crippen LogP contribution in [0.25, 0.3) is 0 Å². The minimum absolute atomic E-state index is 0.0608. The molecule has 2 heterocycles. The highest BCUT2D eigenvalue weighted by atomic mass is 16.5. The van der Waals surface area contributed by atoms with Crippen molar-refractivity contribution >= 4 is 17.4 Å². The van der Waals surface area contributed by atoms with Crippen LogP contribution in [0, 0.1) is 6.92 Å². The maximum Gasteiger partial charge on any atom is 0.323 e. The number of aromatic nitrogens is 4. The van der Waals surface area contributed by atoms with Crippen LogP contribution in [-0.2, 0) is 0 Å². The highest BCUT2D eigenvalue weighted by Crippen LogP contribution is 2.21. The molecule has 7 nitrogen and oxygen atoms in total. The molecular formula is C17H17N5O2. The highest BCUT2D eigenvalue weighted by molar-refractivity contribution is 5.96. The Balaban J connectivity index is 1.76. The molecule has 0 fully saturated rings. The first-order valence-corrected chi connectivity index (χ1v) is 7.57. The lowest BCUT2D eigenvalue weighted by Gasteiger charge is -2.07. The highest BCUT2D eigenvalue weighted by Gasteiger charge is 2.07. The van der Waals surface area contributed by atoms with Crippen molar-refractivity contribution in [2.24, 2.45) is 0 Å². The molecule has 0 amide bonds. The van der Waals surface area contributed by atoms with Gasteiger partial charge in [-0.25, -0.2) is 4.98 Å². The first-order chi connectivity index (χ1) is 11.6. The summed E-state index contributed by atoms with van der Waals surface area (Å²) in [4.78, 5) is 20.1. The van der Waals surface area contributed by atoms with E-state index in [4.69, 9.17) is 4.74 Å². The smallest absolute Gasteiger partial charge is 0.323 e. The van der Waals surface area contributed by atoms with E-state index in [0.29, 0.717) is 29.4 Å². The molecule has 0 saturated carbocycles. The fraction of sp³-hybridized carbons (Fsp3) is 0.176. The van der Waals surface area contributed by atoms with Crippen molar-refractivity contribution in [2.45, 2.75) is 20.3 Å². The number of ether oxygens (including phenoxy) is 1. The molecule has 0 spiro atoms. The summed E-state index contributed by atoms with van der Waals surface area (Å²) in [7, 11) is 0. The molecule has 0 aliphatic rings. The number of H-pyrrole nitrogens is 1. The van der Waals surface area contributed by atoms with Gasteiger partial charge >= 0.3 is 6.01 Å². The van der Waals surface area contributed by atoms with Crippen molar-refractivity contribution in [1.29, 1.82) is 0 Å². The Morgan fingerprint density at radius 2 is 2.12 bits per heavy atom. The second kappa shape index (κ2) is 6.91. The summed E-state index contributed by atoms with van der Waals surface area (Å²) >= 11 is 0. The number of hydrogen-bond donors (Lipinski definition) is 2. The lowest BCUT2D eigenvalue weighted by molar-refractivity contribution is 0.0988. The summed E-state index contributed by atoms with van der Waals surface area (Å²) in [6, 6.07) is 10.7. The molecule has 24 heavy (non-hydrogen) atoms. The van der Waals surface area contributed by atoms with Crippen LogP contribution in [0.4, 0.5) is 11.6 Å². The summed E-state index contributed by atoms with van der Waals surface area (Å²) in [5, 5.41) is 10.00. The van der Waals surface area contributed by atoms with E-state index >= 15 is 0 Å². The number of nitrogens with one attached hydrogen (secondary N) is 2. The molecule has 0 aliphatic heterocycles. The quantitative estimate of drug-likeness (QED) is 0.673. The van der Waals surface area contributed by atoms with Gasteiger partial charge in [-0.05, 0) is 25.1 Å². The van der Waals surface area contributed by atoms with Crippen molar-refractivity contribution in [2.75, 3.05) is 5.32 Å². The minimum Gasteiger partial charge on any atom is -0.424 e. The first kappa shape index (κ1) is 15.7. The third-order valence-corrected chi connectivity index (χ3v) is 3.28. The molecule has 2 aromatic heterocycles. The van der Waals surface area contributed by atoms with Crippen molar-refractivity contribution in [3.8, 4) is 11.8 Å². The van der Waals surface area contributed by atoms with E-state index in [2.05, 4.69) is 25.5 Å². The van der Waals surface area contributed by atoms with Crippen molar-refractivity contribution < 1.29 is 9.53 Å². The second-order valence-corrected chi connectivity index (χ2v) is 5.19. The van der Waals surface area contributed by atoms with E-state index in [9.17, 15) is 4.79 Å². The zero-order chi connectivity index (χ0) is 16.9. The average molecular weight is 323 g/mol. The predicted octanol–water partition coefficient (Wildman–Crippen LogP) is 3.64. The number of anilines is 2.